The summed E-state index contributed by atoms with van der Waals surface area (Å²) in [6, 6.07) is 5.95. The van der Waals surface area contributed by atoms with Crippen LogP contribution < -0.4 is 11.3 Å². The van der Waals surface area contributed by atoms with Crippen LogP contribution in [0.1, 0.15) is 24.2 Å². The van der Waals surface area contributed by atoms with Crippen LogP contribution in [-0.2, 0) is 6.18 Å². The van der Waals surface area contributed by atoms with E-state index in [4.69, 9.17) is 5.73 Å². The lowest BCUT2D eigenvalue weighted by Crippen LogP contribution is -2.25. The molecule has 24 heavy (non-hydrogen) atoms. The number of rotatable bonds is 2. The number of fused-ring (bicyclic) bond motifs is 1. The summed E-state index contributed by atoms with van der Waals surface area (Å²) in [5.41, 5.74) is 6.03. The Kier molecular flexibility index (Phi) is 3.75. The molecule has 0 aliphatic heterocycles. The number of aromatic nitrogens is 3. The molecule has 2 aromatic heterocycles. The molecule has 1 unspecified atom stereocenters. The molecule has 0 bridgehead atoms. The summed E-state index contributed by atoms with van der Waals surface area (Å²) in [6.07, 6.45) is -2.27. The summed E-state index contributed by atoms with van der Waals surface area (Å²) < 4.78 is 40.0. The summed E-state index contributed by atoms with van der Waals surface area (Å²) >= 11 is 0. The third-order valence-electron chi connectivity index (χ3n) is 3.73. The maximum atomic E-state index is 12.9. The molecule has 0 aliphatic carbocycles. The fraction of sp³-hybridized carbons (Fsp3) is 0.188. The van der Waals surface area contributed by atoms with Crippen LogP contribution in [0.4, 0.5) is 18.9 Å². The van der Waals surface area contributed by atoms with Crippen molar-refractivity contribution in [3.05, 3.63) is 64.3 Å². The highest BCUT2D eigenvalue weighted by Gasteiger charge is 2.31. The van der Waals surface area contributed by atoms with E-state index < -0.39 is 23.3 Å². The molecule has 0 spiro atoms. The zero-order chi connectivity index (χ0) is 17.5. The lowest BCUT2D eigenvalue weighted by Gasteiger charge is -2.18. The third-order valence-corrected chi connectivity index (χ3v) is 3.73. The van der Waals surface area contributed by atoms with E-state index in [0.717, 1.165) is 24.5 Å². The summed E-state index contributed by atoms with van der Waals surface area (Å²) in [7, 11) is 0. The number of hydrogen-bond donors (Lipinski definition) is 1. The van der Waals surface area contributed by atoms with E-state index in [0.29, 0.717) is 16.7 Å². The molecule has 0 saturated carbocycles. The average molecular weight is 334 g/mol. The molecule has 2 heterocycles. The van der Waals surface area contributed by atoms with E-state index in [1.54, 1.807) is 25.1 Å². The Morgan fingerprint density at radius 3 is 2.62 bits per heavy atom. The molecule has 2 N–H and O–H groups in total. The lowest BCUT2D eigenvalue weighted by molar-refractivity contribution is -0.137. The molecule has 3 aromatic rings. The van der Waals surface area contributed by atoms with E-state index in [1.165, 1.54) is 4.57 Å². The second-order valence-corrected chi connectivity index (χ2v) is 5.36. The van der Waals surface area contributed by atoms with Gasteiger partial charge in [0.1, 0.15) is 0 Å². The van der Waals surface area contributed by atoms with Crippen LogP contribution >= 0.6 is 0 Å². The van der Waals surface area contributed by atoms with Gasteiger partial charge in [-0.15, -0.1) is 0 Å². The number of hydrogen-bond acceptors (Lipinski definition) is 4. The van der Waals surface area contributed by atoms with Crippen molar-refractivity contribution in [1.82, 2.24) is 14.5 Å². The summed E-state index contributed by atoms with van der Waals surface area (Å²) in [4.78, 5) is 20.2. The Hall–Kier alpha value is -2.90. The van der Waals surface area contributed by atoms with E-state index in [1.807, 2.05) is 0 Å². The van der Waals surface area contributed by atoms with Gasteiger partial charge >= 0.3 is 6.18 Å². The molecule has 0 saturated heterocycles. The number of pyridine rings is 1. The van der Waals surface area contributed by atoms with Crippen LogP contribution in [0.2, 0.25) is 0 Å². The van der Waals surface area contributed by atoms with Gasteiger partial charge in [0.15, 0.2) is 0 Å². The summed E-state index contributed by atoms with van der Waals surface area (Å²) in [5, 5.41) is 0. The molecule has 0 fully saturated rings. The average Bonchev–Trinajstić information content (AvgIpc) is 2.54. The van der Waals surface area contributed by atoms with Crippen LogP contribution in [0.25, 0.3) is 11.0 Å². The molecule has 5 nitrogen and oxygen atoms in total. The van der Waals surface area contributed by atoms with Crippen LogP contribution in [-0.4, -0.2) is 14.5 Å². The standard InChI is InChI=1S/C16H13F3N4O/c1-9(12-6-10(4-5-21-12)16(17,18)19)23-14-3-2-11(20)7-13(14)22-8-15(23)24/h2-9H,20H2,1H3. The van der Waals surface area contributed by atoms with Gasteiger partial charge in [-0.1, -0.05) is 0 Å². The molecule has 1 aromatic carbocycles. The van der Waals surface area contributed by atoms with Crippen molar-refractivity contribution in [2.24, 2.45) is 0 Å². The number of benzene rings is 1. The molecule has 8 heteroatoms. The molecule has 1 atom stereocenters. The number of nitrogens with zero attached hydrogens (tertiary/aromatic N) is 3. The highest BCUT2D eigenvalue weighted by Crippen LogP contribution is 2.30. The van der Waals surface area contributed by atoms with Gasteiger partial charge in [-0.3, -0.25) is 14.3 Å². The SMILES string of the molecule is CC(c1cc(C(F)(F)F)ccn1)n1c(=O)cnc2cc(N)ccc21. The second kappa shape index (κ2) is 5.63. The Labute approximate surface area is 134 Å². The van der Waals surface area contributed by atoms with Crippen molar-refractivity contribution < 1.29 is 13.2 Å². The van der Waals surface area contributed by atoms with E-state index in [-0.39, 0.29) is 5.69 Å². The molecule has 3 rings (SSSR count). The van der Waals surface area contributed by atoms with Gasteiger partial charge in [0.2, 0.25) is 0 Å². The lowest BCUT2D eigenvalue weighted by atomic mass is 10.1. The van der Waals surface area contributed by atoms with Crippen molar-refractivity contribution in [3.63, 3.8) is 0 Å². The van der Waals surface area contributed by atoms with Crippen molar-refractivity contribution in [2.45, 2.75) is 19.1 Å². The highest BCUT2D eigenvalue weighted by atomic mass is 19.4. The second-order valence-electron chi connectivity index (χ2n) is 5.36. The van der Waals surface area contributed by atoms with Gasteiger partial charge in [0.25, 0.3) is 5.56 Å². The van der Waals surface area contributed by atoms with E-state index >= 15 is 0 Å². The highest BCUT2D eigenvalue weighted by molar-refractivity contribution is 5.78. The van der Waals surface area contributed by atoms with Gasteiger partial charge in [-0.05, 0) is 37.3 Å². The van der Waals surface area contributed by atoms with E-state index in [2.05, 4.69) is 9.97 Å². The molecule has 0 radical (unpaired) electrons. The van der Waals surface area contributed by atoms with Crippen LogP contribution in [0.3, 0.4) is 0 Å². The Balaban J connectivity index is 2.17. The number of alkyl halides is 3. The van der Waals surface area contributed by atoms with Crippen molar-refractivity contribution in [1.29, 1.82) is 0 Å². The first kappa shape index (κ1) is 16.0. The first-order chi connectivity index (χ1) is 11.3. The van der Waals surface area contributed by atoms with Gasteiger partial charge in [-0.25, -0.2) is 4.98 Å². The van der Waals surface area contributed by atoms with Crippen molar-refractivity contribution >= 4 is 16.7 Å². The molecule has 124 valence electrons. The zero-order valence-corrected chi connectivity index (χ0v) is 12.6. The number of halogens is 3. The third kappa shape index (κ3) is 2.82. The van der Waals surface area contributed by atoms with Crippen LogP contribution in [0.5, 0.6) is 0 Å². The normalized spacial score (nSPS) is 13.2. The molecule has 0 aliphatic rings. The van der Waals surface area contributed by atoms with E-state index in [9.17, 15) is 18.0 Å². The van der Waals surface area contributed by atoms with Gasteiger partial charge in [0.05, 0.1) is 34.5 Å². The maximum Gasteiger partial charge on any atom is 0.416 e. The molecular weight excluding hydrogens is 321 g/mol. The first-order valence-electron chi connectivity index (χ1n) is 7.07. The fourth-order valence-electron chi connectivity index (χ4n) is 2.54. The summed E-state index contributed by atoms with van der Waals surface area (Å²) in [6.45, 7) is 1.61. The van der Waals surface area contributed by atoms with Gasteiger partial charge in [0, 0.05) is 11.9 Å². The first-order valence-corrected chi connectivity index (χ1v) is 7.07. The smallest absolute Gasteiger partial charge is 0.399 e. The predicted molar refractivity (Wildman–Crippen MR) is 83.5 cm³/mol. The largest absolute Gasteiger partial charge is 0.416 e. The number of nitrogens with two attached hydrogens (primary N) is 1. The van der Waals surface area contributed by atoms with Gasteiger partial charge in [-0.2, -0.15) is 13.2 Å². The Morgan fingerprint density at radius 2 is 1.92 bits per heavy atom. The monoisotopic (exact) mass is 334 g/mol. The molecular formula is C16H13F3N4O. The summed E-state index contributed by atoms with van der Waals surface area (Å²) in [5.74, 6) is 0. The number of nitrogen functional groups attached to an aromatic ring is 1. The maximum absolute atomic E-state index is 12.9. The van der Waals surface area contributed by atoms with Crippen LogP contribution in [0, 0.1) is 0 Å². The zero-order valence-electron chi connectivity index (χ0n) is 12.6. The van der Waals surface area contributed by atoms with Crippen molar-refractivity contribution in [2.75, 3.05) is 5.73 Å². The molecule has 0 amide bonds. The Morgan fingerprint density at radius 1 is 1.17 bits per heavy atom. The minimum atomic E-state index is -4.48. The predicted octanol–water partition coefficient (Wildman–Crippen LogP) is 3.00. The minimum absolute atomic E-state index is 0.135. The Bertz CT molecular complexity index is 965. The minimum Gasteiger partial charge on any atom is -0.399 e. The van der Waals surface area contributed by atoms with Crippen molar-refractivity contribution in [3.8, 4) is 0 Å². The fourth-order valence-corrected chi connectivity index (χ4v) is 2.54. The quantitative estimate of drug-likeness (QED) is 0.731. The topological polar surface area (TPSA) is 73.8 Å². The van der Waals surface area contributed by atoms with Gasteiger partial charge < -0.3 is 5.73 Å². The number of anilines is 1. The van der Waals surface area contributed by atoms with Crippen LogP contribution in [0.15, 0.2) is 47.5 Å².